The van der Waals surface area contributed by atoms with Gasteiger partial charge in [-0.3, -0.25) is 5.32 Å². The Morgan fingerprint density at radius 2 is 1.93 bits per heavy atom. The van der Waals surface area contributed by atoms with Gasteiger partial charge in [0.2, 0.25) is 0 Å². The van der Waals surface area contributed by atoms with Gasteiger partial charge in [-0.2, -0.15) is 0 Å². The maximum atomic E-state index is 11.8. The number of carboxylic acids is 1. The molecule has 3 aromatic rings. The van der Waals surface area contributed by atoms with E-state index >= 15 is 0 Å². The molecule has 3 rings (SSSR count). The van der Waals surface area contributed by atoms with E-state index in [-0.39, 0.29) is 11.6 Å². The number of hydrogen-bond acceptors (Lipinski definition) is 5. The zero-order valence-corrected chi connectivity index (χ0v) is 16.2. The lowest BCUT2D eigenvalue weighted by atomic mass is 10.0. The van der Waals surface area contributed by atoms with Gasteiger partial charge in [0.05, 0.1) is 5.56 Å². The van der Waals surface area contributed by atoms with E-state index in [9.17, 15) is 14.7 Å². The van der Waals surface area contributed by atoms with Gasteiger partial charge in [-0.05, 0) is 55.3 Å². The molecule has 0 aliphatic rings. The van der Waals surface area contributed by atoms with Crippen LogP contribution in [0.25, 0.3) is 10.8 Å². The SMILES string of the molecule is CCNC(=O)Nc1cc2c(CNC)ccc(Nc3cccc(C(=O)O)c3)c2cn1. The van der Waals surface area contributed by atoms with Crippen LogP contribution in [0.4, 0.5) is 22.0 Å². The minimum atomic E-state index is -0.981. The van der Waals surface area contributed by atoms with Crippen LogP contribution >= 0.6 is 0 Å². The van der Waals surface area contributed by atoms with Crippen LogP contribution in [0, 0.1) is 0 Å². The average molecular weight is 393 g/mol. The van der Waals surface area contributed by atoms with Crippen molar-refractivity contribution in [3.05, 3.63) is 59.8 Å². The van der Waals surface area contributed by atoms with Gasteiger partial charge in [-0.15, -0.1) is 0 Å². The molecular weight excluding hydrogens is 370 g/mol. The van der Waals surface area contributed by atoms with E-state index in [1.165, 1.54) is 0 Å². The monoisotopic (exact) mass is 393 g/mol. The Morgan fingerprint density at radius 1 is 1.10 bits per heavy atom. The molecule has 0 radical (unpaired) electrons. The average Bonchev–Trinajstić information content (AvgIpc) is 2.70. The van der Waals surface area contributed by atoms with Crippen LogP contribution in [0.15, 0.2) is 48.7 Å². The number of aromatic nitrogens is 1. The zero-order valence-electron chi connectivity index (χ0n) is 16.2. The molecule has 0 unspecified atom stereocenters. The minimum Gasteiger partial charge on any atom is -0.478 e. The van der Waals surface area contributed by atoms with Gasteiger partial charge in [0, 0.05) is 36.0 Å². The number of aromatic carboxylic acids is 1. The van der Waals surface area contributed by atoms with Gasteiger partial charge in [-0.1, -0.05) is 12.1 Å². The number of nitrogens with zero attached hydrogens (tertiary/aromatic N) is 1. The Balaban J connectivity index is 2.00. The first kappa shape index (κ1) is 20.1. The zero-order chi connectivity index (χ0) is 20.8. The minimum absolute atomic E-state index is 0.206. The molecule has 0 aliphatic heterocycles. The van der Waals surface area contributed by atoms with Crippen molar-refractivity contribution in [1.82, 2.24) is 15.6 Å². The molecule has 8 heteroatoms. The highest BCUT2D eigenvalue weighted by atomic mass is 16.4. The van der Waals surface area contributed by atoms with E-state index in [1.807, 2.05) is 32.2 Å². The lowest BCUT2D eigenvalue weighted by Crippen LogP contribution is -2.28. The Labute approximate surface area is 168 Å². The molecule has 8 nitrogen and oxygen atoms in total. The van der Waals surface area contributed by atoms with Gasteiger partial charge in [0.25, 0.3) is 0 Å². The van der Waals surface area contributed by atoms with Crippen LogP contribution in [0.1, 0.15) is 22.8 Å². The lowest BCUT2D eigenvalue weighted by molar-refractivity contribution is 0.0697. The number of carboxylic acid groups (broad SMARTS) is 1. The summed E-state index contributed by atoms with van der Waals surface area (Å²) in [5.74, 6) is -0.531. The molecule has 0 saturated heterocycles. The second kappa shape index (κ2) is 9.03. The Bertz CT molecular complexity index is 1050. The molecule has 29 heavy (non-hydrogen) atoms. The number of amides is 2. The summed E-state index contributed by atoms with van der Waals surface area (Å²) in [6.07, 6.45) is 1.69. The van der Waals surface area contributed by atoms with E-state index in [0.717, 1.165) is 22.0 Å². The highest BCUT2D eigenvalue weighted by Gasteiger charge is 2.11. The molecule has 1 heterocycles. The fraction of sp³-hybridized carbons (Fsp3) is 0.190. The first-order chi connectivity index (χ1) is 14.0. The number of benzene rings is 2. The number of carbonyl (C=O) groups is 2. The van der Waals surface area contributed by atoms with Crippen LogP contribution < -0.4 is 21.3 Å². The van der Waals surface area contributed by atoms with E-state index < -0.39 is 5.97 Å². The Hall–Kier alpha value is -3.65. The standard InChI is InChI=1S/C21H23N5O3/c1-3-23-21(29)26-19-10-16-14(11-22-2)7-8-18(17(16)12-24-19)25-15-6-4-5-13(9-15)20(27)28/h4-10,12,22,25H,3,11H2,1-2H3,(H,27,28)(H2,23,24,26,29). The highest BCUT2D eigenvalue weighted by molar-refractivity contribution is 6.00. The number of pyridine rings is 1. The van der Waals surface area contributed by atoms with Crippen molar-refractivity contribution in [3.63, 3.8) is 0 Å². The van der Waals surface area contributed by atoms with Crippen molar-refractivity contribution in [3.8, 4) is 0 Å². The molecule has 1 aromatic heterocycles. The largest absolute Gasteiger partial charge is 0.478 e. The fourth-order valence-corrected chi connectivity index (χ4v) is 3.03. The van der Waals surface area contributed by atoms with Gasteiger partial charge in [0.1, 0.15) is 5.82 Å². The number of carbonyl (C=O) groups excluding carboxylic acids is 1. The van der Waals surface area contributed by atoms with E-state index in [1.54, 1.807) is 30.5 Å². The van der Waals surface area contributed by atoms with Crippen molar-refractivity contribution >= 4 is 40.0 Å². The van der Waals surface area contributed by atoms with Crippen molar-refractivity contribution in [2.24, 2.45) is 0 Å². The summed E-state index contributed by atoms with van der Waals surface area (Å²) in [6, 6.07) is 12.1. The van der Waals surface area contributed by atoms with Crippen LogP contribution in [0.5, 0.6) is 0 Å². The quantitative estimate of drug-likeness (QED) is 0.419. The third kappa shape index (κ3) is 4.80. The molecule has 0 aliphatic carbocycles. The first-order valence-corrected chi connectivity index (χ1v) is 9.23. The number of anilines is 3. The van der Waals surface area contributed by atoms with Crippen LogP contribution in [0.3, 0.4) is 0 Å². The number of urea groups is 1. The van der Waals surface area contributed by atoms with Crippen molar-refractivity contribution in [1.29, 1.82) is 0 Å². The second-order valence-corrected chi connectivity index (χ2v) is 6.41. The summed E-state index contributed by atoms with van der Waals surface area (Å²) in [7, 11) is 1.87. The molecular formula is C21H23N5O3. The third-order valence-electron chi connectivity index (χ3n) is 4.33. The van der Waals surface area contributed by atoms with Crippen molar-refractivity contribution in [2.45, 2.75) is 13.5 Å². The molecule has 150 valence electrons. The number of rotatable bonds is 7. The number of fused-ring (bicyclic) bond motifs is 1. The van der Waals surface area contributed by atoms with Crippen molar-refractivity contribution in [2.75, 3.05) is 24.2 Å². The second-order valence-electron chi connectivity index (χ2n) is 6.41. The summed E-state index contributed by atoms with van der Waals surface area (Å²) in [5, 5.41) is 22.8. The fourth-order valence-electron chi connectivity index (χ4n) is 3.03. The summed E-state index contributed by atoms with van der Waals surface area (Å²) in [6.45, 7) is 3.01. The maximum Gasteiger partial charge on any atom is 0.335 e. The highest BCUT2D eigenvalue weighted by Crippen LogP contribution is 2.30. The molecule has 2 amide bonds. The van der Waals surface area contributed by atoms with Gasteiger partial charge < -0.3 is 21.1 Å². The predicted octanol–water partition coefficient (Wildman–Crippen LogP) is 3.54. The van der Waals surface area contributed by atoms with Crippen molar-refractivity contribution < 1.29 is 14.7 Å². The number of hydrogen-bond donors (Lipinski definition) is 5. The Kier molecular flexibility index (Phi) is 6.25. The molecule has 0 saturated carbocycles. The lowest BCUT2D eigenvalue weighted by Gasteiger charge is -2.14. The van der Waals surface area contributed by atoms with Crippen LogP contribution in [0.2, 0.25) is 0 Å². The van der Waals surface area contributed by atoms with E-state index in [4.69, 9.17) is 0 Å². The van der Waals surface area contributed by atoms with Gasteiger partial charge >= 0.3 is 12.0 Å². The summed E-state index contributed by atoms with van der Waals surface area (Å²) in [4.78, 5) is 27.4. The van der Waals surface area contributed by atoms with Crippen LogP contribution in [-0.4, -0.2) is 35.7 Å². The first-order valence-electron chi connectivity index (χ1n) is 9.23. The van der Waals surface area contributed by atoms with Gasteiger partial charge in [-0.25, -0.2) is 14.6 Å². The molecule has 5 N–H and O–H groups in total. The number of nitrogens with one attached hydrogen (secondary N) is 4. The third-order valence-corrected chi connectivity index (χ3v) is 4.33. The van der Waals surface area contributed by atoms with Gasteiger partial charge in [0.15, 0.2) is 0 Å². The summed E-state index contributed by atoms with van der Waals surface area (Å²) in [5.41, 5.74) is 2.71. The van der Waals surface area contributed by atoms with E-state index in [2.05, 4.69) is 26.3 Å². The molecule has 0 atom stereocenters. The summed E-state index contributed by atoms with van der Waals surface area (Å²) >= 11 is 0. The smallest absolute Gasteiger partial charge is 0.335 e. The van der Waals surface area contributed by atoms with Crippen LogP contribution in [-0.2, 0) is 6.54 Å². The molecule has 0 spiro atoms. The normalized spacial score (nSPS) is 10.6. The maximum absolute atomic E-state index is 11.8. The molecule has 0 bridgehead atoms. The topological polar surface area (TPSA) is 115 Å². The molecule has 2 aromatic carbocycles. The van der Waals surface area contributed by atoms with E-state index in [0.29, 0.717) is 24.6 Å². The molecule has 0 fully saturated rings. The predicted molar refractivity (Wildman–Crippen MR) is 114 cm³/mol. The summed E-state index contributed by atoms with van der Waals surface area (Å²) < 4.78 is 0. The Morgan fingerprint density at radius 3 is 2.66 bits per heavy atom.